The van der Waals surface area contributed by atoms with Crippen LogP contribution in [0, 0.1) is 13.8 Å². The molecule has 1 aliphatic rings. The number of aromatic hydroxyl groups is 1. The minimum Gasteiger partial charge on any atom is -0.508 e. The predicted octanol–water partition coefficient (Wildman–Crippen LogP) is 2.37. The van der Waals surface area contributed by atoms with Gasteiger partial charge in [0.1, 0.15) is 11.5 Å². The van der Waals surface area contributed by atoms with Crippen molar-refractivity contribution in [2.24, 2.45) is 0 Å². The van der Waals surface area contributed by atoms with Crippen molar-refractivity contribution >= 4 is 11.8 Å². The predicted molar refractivity (Wildman–Crippen MR) is 102 cm³/mol. The lowest BCUT2D eigenvalue weighted by Crippen LogP contribution is -2.51. The fourth-order valence-electron chi connectivity index (χ4n) is 3.02. The lowest BCUT2D eigenvalue weighted by molar-refractivity contribution is -0.134. The molecule has 1 fully saturated rings. The van der Waals surface area contributed by atoms with Gasteiger partial charge in [-0.3, -0.25) is 9.59 Å². The first-order chi connectivity index (χ1) is 12.9. The van der Waals surface area contributed by atoms with E-state index in [1.807, 2.05) is 32.0 Å². The lowest BCUT2D eigenvalue weighted by atomic mass is 10.1. The number of carbonyl (C=O) groups excluding carboxylic acids is 2. The minimum atomic E-state index is -0.135. The maximum Gasteiger partial charge on any atom is 0.260 e. The standard InChI is InChI=1S/C21H24N2O4/c1-15-6-7-19(12-16(15)2)27-14-20(25)22-8-10-23(11-9-22)21(26)17-4-3-5-18(24)13-17/h3-7,12-13,24H,8-11,14H2,1-2H3. The van der Waals surface area contributed by atoms with Crippen LogP contribution in [0.4, 0.5) is 0 Å². The van der Waals surface area contributed by atoms with Crippen LogP contribution in [-0.4, -0.2) is 59.5 Å². The molecule has 6 nitrogen and oxygen atoms in total. The summed E-state index contributed by atoms with van der Waals surface area (Å²) in [6.45, 7) is 5.89. The second-order valence-electron chi connectivity index (χ2n) is 6.76. The summed E-state index contributed by atoms with van der Waals surface area (Å²) in [5.74, 6) is 0.532. The summed E-state index contributed by atoms with van der Waals surface area (Å²) in [5.41, 5.74) is 2.76. The van der Waals surface area contributed by atoms with Crippen LogP contribution >= 0.6 is 0 Å². The quantitative estimate of drug-likeness (QED) is 0.900. The van der Waals surface area contributed by atoms with E-state index in [1.54, 1.807) is 21.9 Å². The smallest absolute Gasteiger partial charge is 0.260 e. The number of rotatable bonds is 4. The van der Waals surface area contributed by atoms with Gasteiger partial charge in [0.2, 0.25) is 0 Å². The van der Waals surface area contributed by atoms with E-state index in [-0.39, 0.29) is 24.2 Å². The highest BCUT2D eigenvalue weighted by Crippen LogP contribution is 2.17. The van der Waals surface area contributed by atoms with Gasteiger partial charge in [-0.25, -0.2) is 0 Å². The van der Waals surface area contributed by atoms with Gasteiger partial charge in [-0.15, -0.1) is 0 Å². The van der Waals surface area contributed by atoms with Gasteiger partial charge in [-0.05, 0) is 55.3 Å². The van der Waals surface area contributed by atoms with Crippen LogP contribution in [0.3, 0.4) is 0 Å². The van der Waals surface area contributed by atoms with Crippen molar-refractivity contribution in [1.82, 2.24) is 9.80 Å². The molecular formula is C21H24N2O4. The van der Waals surface area contributed by atoms with E-state index in [2.05, 4.69) is 0 Å². The molecule has 142 valence electrons. The van der Waals surface area contributed by atoms with E-state index in [0.717, 1.165) is 5.56 Å². The van der Waals surface area contributed by atoms with Gasteiger partial charge in [-0.1, -0.05) is 12.1 Å². The first-order valence-corrected chi connectivity index (χ1v) is 9.00. The van der Waals surface area contributed by atoms with Gasteiger partial charge < -0.3 is 19.6 Å². The average Bonchev–Trinajstić information content (AvgIpc) is 2.68. The summed E-state index contributed by atoms with van der Waals surface area (Å²) in [6, 6.07) is 12.1. The highest BCUT2D eigenvalue weighted by Gasteiger charge is 2.25. The van der Waals surface area contributed by atoms with E-state index in [0.29, 0.717) is 37.5 Å². The Bertz CT molecular complexity index is 842. The van der Waals surface area contributed by atoms with Gasteiger partial charge in [0, 0.05) is 31.7 Å². The molecule has 1 heterocycles. The molecule has 0 atom stereocenters. The number of nitrogens with zero attached hydrogens (tertiary/aromatic N) is 2. The summed E-state index contributed by atoms with van der Waals surface area (Å²) in [5, 5.41) is 9.52. The van der Waals surface area contributed by atoms with Crippen LogP contribution in [0.15, 0.2) is 42.5 Å². The third-order valence-corrected chi connectivity index (χ3v) is 4.85. The molecule has 0 spiro atoms. The number of piperazine rings is 1. The normalized spacial score (nSPS) is 14.1. The van der Waals surface area contributed by atoms with Crippen LogP contribution in [0.2, 0.25) is 0 Å². The number of hydrogen-bond donors (Lipinski definition) is 1. The zero-order valence-electron chi connectivity index (χ0n) is 15.6. The van der Waals surface area contributed by atoms with Crippen molar-refractivity contribution in [2.45, 2.75) is 13.8 Å². The van der Waals surface area contributed by atoms with Crippen LogP contribution in [0.1, 0.15) is 21.5 Å². The van der Waals surface area contributed by atoms with Gasteiger partial charge in [0.15, 0.2) is 6.61 Å². The fourth-order valence-corrected chi connectivity index (χ4v) is 3.02. The van der Waals surface area contributed by atoms with E-state index in [9.17, 15) is 14.7 Å². The Morgan fingerprint density at radius 2 is 1.67 bits per heavy atom. The van der Waals surface area contributed by atoms with Crippen LogP contribution < -0.4 is 4.74 Å². The van der Waals surface area contributed by atoms with Gasteiger partial charge in [0.05, 0.1) is 0 Å². The zero-order valence-corrected chi connectivity index (χ0v) is 15.6. The molecule has 0 radical (unpaired) electrons. The summed E-state index contributed by atoms with van der Waals surface area (Å²) < 4.78 is 5.61. The molecule has 1 saturated heterocycles. The Labute approximate surface area is 159 Å². The van der Waals surface area contributed by atoms with Crippen molar-refractivity contribution in [1.29, 1.82) is 0 Å². The van der Waals surface area contributed by atoms with Crippen molar-refractivity contribution in [3.8, 4) is 11.5 Å². The molecule has 0 aromatic heterocycles. The Hall–Kier alpha value is -3.02. The third-order valence-electron chi connectivity index (χ3n) is 4.85. The third kappa shape index (κ3) is 4.58. The molecule has 0 saturated carbocycles. The molecule has 3 rings (SSSR count). The molecular weight excluding hydrogens is 344 g/mol. The molecule has 1 N–H and O–H groups in total. The molecule has 0 aliphatic carbocycles. The molecule has 2 amide bonds. The molecule has 27 heavy (non-hydrogen) atoms. The largest absolute Gasteiger partial charge is 0.508 e. The molecule has 2 aromatic carbocycles. The highest BCUT2D eigenvalue weighted by atomic mass is 16.5. The molecule has 2 aromatic rings. The number of carbonyl (C=O) groups is 2. The number of amides is 2. The number of phenolic OH excluding ortho intramolecular Hbond substituents is 1. The number of benzene rings is 2. The first-order valence-electron chi connectivity index (χ1n) is 9.00. The first kappa shape index (κ1) is 18.8. The zero-order chi connectivity index (χ0) is 19.4. The Kier molecular flexibility index (Phi) is 5.64. The molecule has 0 bridgehead atoms. The van der Waals surface area contributed by atoms with Crippen molar-refractivity contribution in [3.05, 3.63) is 59.2 Å². The number of phenols is 1. The fraction of sp³-hybridized carbons (Fsp3) is 0.333. The maximum atomic E-state index is 12.5. The SMILES string of the molecule is Cc1ccc(OCC(=O)N2CCN(C(=O)c3cccc(O)c3)CC2)cc1C. The van der Waals surface area contributed by atoms with Gasteiger partial charge in [-0.2, -0.15) is 0 Å². The lowest BCUT2D eigenvalue weighted by Gasteiger charge is -2.34. The molecule has 0 unspecified atom stereocenters. The number of aryl methyl sites for hydroxylation is 2. The average molecular weight is 368 g/mol. The molecule has 6 heteroatoms. The van der Waals surface area contributed by atoms with Crippen molar-refractivity contribution in [2.75, 3.05) is 32.8 Å². The number of hydrogen-bond acceptors (Lipinski definition) is 4. The summed E-state index contributed by atoms with van der Waals surface area (Å²) in [6.07, 6.45) is 0. The Balaban J connectivity index is 1.50. The molecule has 1 aliphatic heterocycles. The summed E-state index contributed by atoms with van der Waals surface area (Å²) in [7, 11) is 0. The summed E-state index contributed by atoms with van der Waals surface area (Å²) >= 11 is 0. The van der Waals surface area contributed by atoms with Crippen molar-refractivity contribution in [3.63, 3.8) is 0 Å². The van der Waals surface area contributed by atoms with E-state index in [4.69, 9.17) is 4.74 Å². The Morgan fingerprint density at radius 1 is 0.963 bits per heavy atom. The maximum absolute atomic E-state index is 12.5. The second-order valence-corrected chi connectivity index (χ2v) is 6.76. The number of ether oxygens (including phenoxy) is 1. The van der Waals surface area contributed by atoms with E-state index in [1.165, 1.54) is 17.7 Å². The Morgan fingerprint density at radius 3 is 2.33 bits per heavy atom. The van der Waals surface area contributed by atoms with Crippen LogP contribution in [0.25, 0.3) is 0 Å². The minimum absolute atomic E-state index is 0.0109. The second kappa shape index (κ2) is 8.12. The topological polar surface area (TPSA) is 70.1 Å². The van der Waals surface area contributed by atoms with Gasteiger partial charge in [0.25, 0.3) is 11.8 Å². The van der Waals surface area contributed by atoms with Crippen molar-refractivity contribution < 1.29 is 19.4 Å². The van der Waals surface area contributed by atoms with Crippen LogP contribution in [-0.2, 0) is 4.79 Å². The van der Waals surface area contributed by atoms with Crippen LogP contribution in [0.5, 0.6) is 11.5 Å². The van der Waals surface area contributed by atoms with Gasteiger partial charge >= 0.3 is 0 Å². The van der Waals surface area contributed by atoms with E-state index < -0.39 is 0 Å². The monoisotopic (exact) mass is 368 g/mol. The van der Waals surface area contributed by atoms with E-state index >= 15 is 0 Å². The highest BCUT2D eigenvalue weighted by molar-refractivity contribution is 5.94. The summed E-state index contributed by atoms with van der Waals surface area (Å²) in [4.78, 5) is 28.3.